The van der Waals surface area contributed by atoms with Crippen molar-refractivity contribution >= 4 is 23.9 Å². The summed E-state index contributed by atoms with van der Waals surface area (Å²) >= 11 is 0. The predicted molar refractivity (Wildman–Crippen MR) is 57.9 cm³/mol. The van der Waals surface area contributed by atoms with Crippen molar-refractivity contribution in [1.29, 1.82) is 0 Å². The monoisotopic (exact) mass is 361 g/mol. The van der Waals surface area contributed by atoms with E-state index < -0.39 is 50.1 Å². The first-order chi connectivity index (χ1) is 9.20. The van der Waals surface area contributed by atoms with Crippen LogP contribution in [0, 0.1) is 0 Å². The molecule has 0 saturated carbocycles. The molecule has 0 saturated heterocycles. The summed E-state index contributed by atoms with van der Waals surface area (Å²) in [5.74, 6) is -6.12. The molecule has 0 aromatic heterocycles. The second-order valence-electron chi connectivity index (χ2n) is 3.91. The summed E-state index contributed by atoms with van der Waals surface area (Å²) in [7, 11) is 0. The third-order valence-electron chi connectivity index (χ3n) is 2.14. The Hall–Kier alpha value is -1.72. The summed E-state index contributed by atoms with van der Waals surface area (Å²) in [6.07, 6.45) is 0. The summed E-state index contributed by atoms with van der Waals surface area (Å²) < 4.78 is 0. The first kappa shape index (κ1) is 25.2. The van der Waals surface area contributed by atoms with Gasteiger partial charge in [0.15, 0.2) is 0 Å². The van der Waals surface area contributed by atoms with Crippen LogP contribution in [0.4, 0.5) is 0 Å². The molecule has 11 nitrogen and oxygen atoms in total. The van der Waals surface area contributed by atoms with Crippen LogP contribution < -0.4 is 26.6 Å². The minimum atomic E-state index is -1.53. The Bertz CT molecular complexity index is 324. The zero-order valence-corrected chi connectivity index (χ0v) is 12.6. The van der Waals surface area contributed by atoms with Crippen molar-refractivity contribution in [2.45, 2.75) is 0 Å². The fourth-order valence-electron chi connectivity index (χ4n) is 1.44. The fourth-order valence-corrected chi connectivity index (χ4v) is 1.44. The van der Waals surface area contributed by atoms with E-state index >= 15 is 0 Å². The van der Waals surface area contributed by atoms with E-state index in [2.05, 4.69) is 0 Å². The Morgan fingerprint density at radius 1 is 0.591 bits per heavy atom. The molecule has 0 aliphatic carbocycles. The van der Waals surface area contributed by atoms with Gasteiger partial charge in [-0.2, -0.15) is 0 Å². The molecule has 0 amide bonds. The molecule has 0 aliphatic heterocycles. The standard InChI is InChI=1S/C10H16N2O8.Fe.H3N/c13-7(14)3-11(4-8(15)16)1-2-12(5-9(17)18)6-10(19)20;;/h1-6H2,(H,13,14)(H,15,16)(H,17,18)(H,19,20);;1H3/q;+4;/p-4. The van der Waals surface area contributed by atoms with Crippen LogP contribution in [-0.4, -0.2) is 72.9 Å². The van der Waals surface area contributed by atoms with Crippen LogP contribution in [0.25, 0.3) is 0 Å². The molecule has 0 aromatic rings. The zero-order chi connectivity index (χ0) is 15.7. The molecule has 0 bridgehead atoms. The quantitative estimate of drug-likeness (QED) is 0.342. The SMILES string of the molecule is N.O=C([O-])CN(CCN(CC(=O)[O-])CC(=O)[O-])CC(=O)[O-].[Fe+4]. The van der Waals surface area contributed by atoms with Crippen LogP contribution in [0.5, 0.6) is 0 Å². The minimum Gasteiger partial charge on any atom is -0.549 e. The Balaban J connectivity index is -0.00000180. The molecule has 0 atom stereocenters. The van der Waals surface area contributed by atoms with Gasteiger partial charge in [-0.25, -0.2) is 0 Å². The van der Waals surface area contributed by atoms with Crippen molar-refractivity contribution in [2.24, 2.45) is 0 Å². The van der Waals surface area contributed by atoms with Crippen LogP contribution in [-0.2, 0) is 36.2 Å². The van der Waals surface area contributed by atoms with Gasteiger partial charge >= 0.3 is 17.1 Å². The number of aliphatic carboxylic acids is 4. The summed E-state index contributed by atoms with van der Waals surface area (Å²) in [4.78, 5) is 43.4. The van der Waals surface area contributed by atoms with Gasteiger partial charge in [-0.05, 0) is 0 Å². The summed E-state index contributed by atoms with van der Waals surface area (Å²) in [5, 5.41) is 41.6. The number of hydrogen-bond acceptors (Lipinski definition) is 11. The molecule has 126 valence electrons. The molecule has 0 radical (unpaired) electrons. The van der Waals surface area contributed by atoms with Crippen molar-refractivity contribution in [2.75, 3.05) is 39.3 Å². The molecule has 0 fully saturated rings. The van der Waals surface area contributed by atoms with Crippen LogP contribution in [0.15, 0.2) is 0 Å². The van der Waals surface area contributed by atoms with Crippen molar-refractivity contribution < 1.29 is 56.7 Å². The smallest absolute Gasteiger partial charge is 0.549 e. The van der Waals surface area contributed by atoms with Gasteiger partial charge in [0.1, 0.15) is 0 Å². The third kappa shape index (κ3) is 14.7. The van der Waals surface area contributed by atoms with Gasteiger partial charge < -0.3 is 45.8 Å². The van der Waals surface area contributed by atoms with E-state index in [4.69, 9.17) is 0 Å². The molecule has 0 rings (SSSR count). The van der Waals surface area contributed by atoms with E-state index in [0.717, 1.165) is 9.80 Å². The number of carboxylic acid groups (broad SMARTS) is 4. The van der Waals surface area contributed by atoms with Crippen LogP contribution in [0.1, 0.15) is 0 Å². The Morgan fingerprint density at radius 2 is 0.773 bits per heavy atom. The molecule has 3 N–H and O–H groups in total. The minimum absolute atomic E-state index is 0. The van der Waals surface area contributed by atoms with Gasteiger partial charge in [0, 0.05) is 39.3 Å². The van der Waals surface area contributed by atoms with E-state index in [1.807, 2.05) is 0 Å². The van der Waals surface area contributed by atoms with Gasteiger partial charge in [0.25, 0.3) is 0 Å². The number of rotatable bonds is 11. The molecule has 0 spiro atoms. The van der Waals surface area contributed by atoms with Gasteiger partial charge in [-0.3, -0.25) is 9.80 Å². The number of carbonyl (C=O) groups is 4. The maximum absolute atomic E-state index is 10.4. The summed E-state index contributed by atoms with van der Waals surface area (Å²) in [6.45, 7) is -3.25. The van der Waals surface area contributed by atoms with Crippen molar-refractivity contribution in [3.05, 3.63) is 0 Å². The van der Waals surface area contributed by atoms with E-state index in [-0.39, 0.29) is 36.3 Å². The summed E-state index contributed by atoms with van der Waals surface area (Å²) in [6, 6.07) is 0. The number of hydrogen-bond donors (Lipinski definition) is 1. The van der Waals surface area contributed by atoms with Gasteiger partial charge in [-0.15, -0.1) is 0 Å². The molecule has 0 aliphatic rings. The average molecular weight is 361 g/mol. The largest absolute Gasteiger partial charge is 4.00 e. The number of carboxylic acids is 4. The Morgan fingerprint density at radius 3 is 0.909 bits per heavy atom. The normalized spacial score (nSPS) is 9.73. The average Bonchev–Trinajstić information content (AvgIpc) is 2.22. The van der Waals surface area contributed by atoms with E-state index in [9.17, 15) is 39.6 Å². The maximum atomic E-state index is 10.4. The zero-order valence-electron chi connectivity index (χ0n) is 11.5. The molecule has 0 aromatic carbocycles. The molecule has 22 heavy (non-hydrogen) atoms. The third-order valence-corrected chi connectivity index (χ3v) is 2.14. The molecular weight excluding hydrogens is 346 g/mol. The first-order valence-electron chi connectivity index (χ1n) is 5.44. The maximum Gasteiger partial charge on any atom is 4.00 e. The van der Waals surface area contributed by atoms with Crippen molar-refractivity contribution in [3.63, 3.8) is 0 Å². The van der Waals surface area contributed by atoms with Gasteiger partial charge in [0.2, 0.25) is 0 Å². The molecule has 12 heteroatoms. The van der Waals surface area contributed by atoms with Crippen molar-refractivity contribution in [3.8, 4) is 0 Å². The van der Waals surface area contributed by atoms with Crippen molar-refractivity contribution in [1.82, 2.24) is 16.0 Å². The van der Waals surface area contributed by atoms with Crippen LogP contribution >= 0.6 is 0 Å². The summed E-state index contributed by atoms with van der Waals surface area (Å²) in [5.41, 5.74) is 0. The van der Waals surface area contributed by atoms with Crippen LogP contribution in [0.2, 0.25) is 0 Å². The Labute approximate surface area is 136 Å². The van der Waals surface area contributed by atoms with E-state index in [1.165, 1.54) is 0 Å². The number of nitrogens with zero attached hydrogens (tertiary/aromatic N) is 2. The number of carbonyl (C=O) groups excluding carboxylic acids is 4. The Kier molecular flexibility index (Phi) is 14.9. The van der Waals surface area contributed by atoms with Crippen LogP contribution in [0.3, 0.4) is 0 Å². The topological polar surface area (TPSA) is 202 Å². The molecular formula is C10H15FeN3O8. The second kappa shape index (κ2) is 13.0. The van der Waals surface area contributed by atoms with E-state index in [0.29, 0.717) is 0 Å². The van der Waals surface area contributed by atoms with Gasteiger partial charge in [-0.1, -0.05) is 0 Å². The molecule has 0 unspecified atom stereocenters. The molecule has 0 heterocycles. The fraction of sp³-hybridized carbons (Fsp3) is 0.600. The predicted octanol–water partition coefficient (Wildman–Crippen LogP) is -7.25. The first-order valence-corrected chi connectivity index (χ1v) is 5.44. The van der Waals surface area contributed by atoms with E-state index in [1.54, 1.807) is 0 Å². The van der Waals surface area contributed by atoms with Gasteiger partial charge in [0.05, 0.1) is 23.9 Å². The second-order valence-corrected chi connectivity index (χ2v) is 3.91.